The number of carbonyl (C=O) groups excluding carboxylic acids is 2. The minimum atomic E-state index is -0.222. The van der Waals surface area contributed by atoms with Crippen LogP contribution < -0.4 is 5.32 Å². The smallest absolute Gasteiger partial charge is 0.310 e. The van der Waals surface area contributed by atoms with Gasteiger partial charge in [-0.3, -0.25) is 14.5 Å². The fraction of sp³-hybridized carbons (Fsp3) is 0.700. The van der Waals surface area contributed by atoms with Crippen LogP contribution in [0.25, 0.3) is 0 Å². The average molecular weight is 225 g/mol. The Bertz CT molecular complexity index is 311. The maximum absolute atomic E-state index is 11.3. The summed E-state index contributed by atoms with van der Waals surface area (Å²) in [6, 6.07) is 1.84. The van der Waals surface area contributed by atoms with E-state index in [9.17, 15) is 9.59 Å². The summed E-state index contributed by atoms with van der Waals surface area (Å²) in [4.78, 5) is 24.4. The highest BCUT2D eigenvalue weighted by atomic mass is 16.5. The molecule has 16 heavy (non-hydrogen) atoms. The van der Waals surface area contributed by atoms with E-state index >= 15 is 0 Å². The van der Waals surface area contributed by atoms with Crippen molar-refractivity contribution in [3.63, 3.8) is 0 Å². The molecule has 88 valence electrons. The van der Waals surface area contributed by atoms with Crippen LogP contribution in [0.1, 0.15) is 6.42 Å². The number of rotatable bonds is 4. The first-order valence-corrected chi connectivity index (χ1v) is 5.11. The molecule has 1 rings (SSSR count). The monoisotopic (exact) mass is 225 g/mol. The lowest BCUT2D eigenvalue weighted by molar-refractivity contribution is -0.145. The van der Waals surface area contributed by atoms with E-state index in [1.54, 1.807) is 0 Å². The summed E-state index contributed by atoms with van der Waals surface area (Å²) in [7, 11) is 1.37. The quantitative estimate of drug-likeness (QED) is 0.496. The van der Waals surface area contributed by atoms with Crippen molar-refractivity contribution in [3.8, 4) is 6.07 Å². The standard InChI is InChI=1S/C10H15N3O3/c1-16-10(15)8-2-5-13(6-8)7-9(14)12-4-3-11/h8H,2,4-7H2,1H3,(H,12,14). The second-order valence-electron chi connectivity index (χ2n) is 3.68. The summed E-state index contributed by atoms with van der Waals surface area (Å²) >= 11 is 0. The molecule has 1 atom stereocenters. The Hall–Kier alpha value is -1.61. The largest absolute Gasteiger partial charge is 0.469 e. The molecule has 0 radical (unpaired) electrons. The highest BCUT2D eigenvalue weighted by Crippen LogP contribution is 2.16. The molecule has 0 aromatic heterocycles. The van der Waals surface area contributed by atoms with E-state index in [2.05, 4.69) is 10.1 Å². The number of likely N-dealkylation sites (tertiary alicyclic amines) is 1. The lowest BCUT2D eigenvalue weighted by atomic mass is 10.1. The molecule has 0 bridgehead atoms. The van der Waals surface area contributed by atoms with E-state index in [4.69, 9.17) is 5.26 Å². The lowest BCUT2D eigenvalue weighted by Crippen LogP contribution is -2.36. The van der Waals surface area contributed by atoms with E-state index in [0.29, 0.717) is 13.1 Å². The number of hydrogen-bond donors (Lipinski definition) is 1. The third-order valence-corrected chi connectivity index (χ3v) is 2.54. The molecule has 1 N–H and O–H groups in total. The topological polar surface area (TPSA) is 82.4 Å². The molecule has 0 spiro atoms. The van der Waals surface area contributed by atoms with Gasteiger partial charge < -0.3 is 10.1 Å². The molecule has 1 heterocycles. The molecule has 0 aliphatic carbocycles. The fourth-order valence-corrected chi connectivity index (χ4v) is 1.73. The minimum absolute atomic E-state index is 0.0209. The van der Waals surface area contributed by atoms with Crippen molar-refractivity contribution in [2.75, 3.05) is 33.3 Å². The van der Waals surface area contributed by atoms with Gasteiger partial charge in [-0.25, -0.2) is 0 Å². The zero-order chi connectivity index (χ0) is 12.0. The van der Waals surface area contributed by atoms with Crippen LogP contribution in [0.3, 0.4) is 0 Å². The Labute approximate surface area is 94.2 Å². The van der Waals surface area contributed by atoms with Gasteiger partial charge in [-0.05, 0) is 13.0 Å². The summed E-state index contributed by atoms with van der Waals surface area (Å²) in [6.45, 7) is 1.51. The summed E-state index contributed by atoms with van der Waals surface area (Å²) in [5.74, 6) is -0.541. The number of ether oxygens (including phenoxy) is 1. The Morgan fingerprint density at radius 2 is 2.38 bits per heavy atom. The number of methoxy groups -OCH3 is 1. The predicted molar refractivity (Wildman–Crippen MR) is 55.2 cm³/mol. The number of hydrogen-bond acceptors (Lipinski definition) is 5. The lowest BCUT2D eigenvalue weighted by Gasteiger charge is -2.14. The number of nitrogens with one attached hydrogen (secondary N) is 1. The van der Waals surface area contributed by atoms with Crippen molar-refractivity contribution in [2.45, 2.75) is 6.42 Å². The number of nitrogens with zero attached hydrogens (tertiary/aromatic N) is 2. The molecule has 0 aromatic rings. The predicted octanol–water partition coefficient (Wildman–Crippen LogP) is -0.879. The zero-order valence-corrected chi connectivity index (χ0v) is 9.23. The number of nitriles is 1. The van der Waals surface area contributed by atoms with Gasteiger partial charge in [0.1, 0.15) is 6.54 Å². The maximum atomic E-state index is 11.3. The molecule has 0 aromatic carbocycles. The molecular formula is C10H15N3O3. The van der Waals surface area contributed by atoms with Gasteiger partial charge in [0.2, 0.25) is 5.91 Å². The zero-order valence-electron chi connectivity index (χ0n) is 9.23. The first-order valence-electron chi connectivity index (χ1n) is 5.11. The van der Waals surface area contributed by atoms with Crippen molar-refractivity contribution >= 4 is 11.9 Å². The van der Waals surface area contributed by atoms with Crippen LogP contribution in [-0.2, 0) is 14.3 Å². The summed E-state index contributed by atoms with van der Waals surface area (Å²) in [6.07, 6.45) is 0.720. The van der Waals surface area contributed by atoms with Crippen LogP contribution in [-0.4, -0.2) is 50.1 Å². The molecule has 1 aliphatic heterocycles. The van der Waals surface area contributed by atoms with Gasteiger partial charge in [0.25, 0.3) is 0 Å². The minimum Gasteiger partial charge on any atom is -0.469 e. The van der Waals surface area contributed by atoms with E-state index in [0.717, 1.165) is 6.42 Å². The third-order valence-electron chi connectivity index (χ3n) is 2.54. The first-order chi connectivity index (χ1) is 7.67. The van der Waals surface area contributed by atoms with Gasteiger partial charge in [-0.15, -0.1) is 0 Å². The van der Waals surface area contributed by atoms with Gasteiger partial charge in [0.15, 0.2) is 0 Å². The second-order valence-corrected chi connectivity index (χ2v) is 3.68. The summed E-state index contributed by atoms with van der Waals surface area (Å²) in [5, 5.41) is 10.7. The van der Waals surface area contributed by atoms with Crippen molar-refractivity contribution < 1.29 is 14.3 Å². The number of amides is 1. The van der Waals surface area contributed by atoms with Crippen molar-refractivity contribution in [2.24, 2.45) is 5.92 Å². The SMILES string of the molecule is COC(=O)C1CCN(CC(=O)NCC#N)C1. The van der Waals surface area contributed by atoms with Crippen LogP contribution in [0, 0.1) is 17.2 Å². The molecule has 1 fully saturated rings. The van der Waals surface area contributed by atoms with E-state index in [-0.39, 0.29) is 30.9 Å². The van der Waals surface area contributed by atoms with Crippen LogP contribution in [0.5, 0.6) is 0 Å². The van der Waals surface area contributed by atoms with Gasteiger partial charge in [0.05, 0.1) is 25.6 Å². The van der Waals surface area contributed by atoms with Crippen molar-refractivity contribution in [3.05, 3.63) is 0 Å². The summed E-state index contributed by atoms with van der Waals surface area (Å²) < 4.78 is 4.64. The highest BCUT2D eigenvalue weighted by Gasteiger charge is 2.29. The molecule has 1 aliphatic rings. The van der Waals surface area contributed by atoms with Crippen molar-refractivity contribution in [1.29, 1.82) is 5.26 Å². The van der Waals surface area contributed by atoms with E-state index in [1.165, 1.54) is 7.11 Å². The second kappa shape index (κ2) is 6.08. The number of esters is 1. The van der Waals surface area contributed by atoms with Gasteiger partial charge >= 0.3 is 5.97 Å². The van der Waals surface area contributed by atoms with Gasteiger partial charge in [-0.2, -0.15) is 5.26 Å². The first kappa shape index (κ1) is 12.5. The van der Waals surface area contributed by atoms with E-state index < -0.39 is 0 Å². The highest BCUT2D eigenvalue weighted by molar-refractivity contribution is 5.78. The fourth-order valence-electron chi connectivity index (χ4n) is 1.73. The molecule has 0 saturated carbocycles. The molecule has 1 unspecified atom stereocenters. The molecule has 6 heteroatoms. The Kier molecular flexibility index (Phi) is 4.73. The number of carbonyl (C=O) groups is 2. The molecule has 1 amide bonds. The molecule has 1 saturated heterocycles. The van der Waals surface area contributed by atoms with E-state index in [1.807, 2.05) is 11.0 Å². The Morgan fingerprint density at radius 1 is 1.62 bits per heavy atom. The van der Waals surface area contributed by atoms with Crippen LogP contribution in [0.4, 0.5) is 0 Å². The Morgan fingerprint density at radius 3 is 3.00 bits per heavy atom. The van der Waals surface area contributed by atoms with Gasteiger partial charge in [-0.1, -0.05) is 0 Å². The molecular weight excluding hydrogens is 210 g/mol. The molecule has 6 nitrogen and oxygen atoms in total. The van der Waals surface area contributed by atoms with Crippen LogP contribution in [0.15, 0.2) is 0 Å². The summed E-state index contributed by atoms with van der Waals surface area (Å²) in [5.41, 5.74) is 0. The third kappa shape index (κ3) is 3.51. The normalized spacial score (nSPS) is 20.1. The van der Waals surface area contributed by atoms with Crippen LogP contribution >= 0.6 is 0 Å². The van der Waals surface area contributed by atoms with Crippen molar-refractivity contribution in [1.82, 2.24) is 10.2 Å². The van der Waals surface area contributed by atoms with Gasteiger partial charge in [0, 0.05) is 6.54 Å². The average Bonchev–Trinajstić information content (AvgIpc) is 2.73. The maximum Gasteiger partial charge on any atom is 0.310 e. The van der Waals surface area contributed by atoms with Crippen LogP contribution in [0.2, 0.25) is 0 Å². The Balaban J connectivity index is 2.29.